The third-order valence-electron chi connectivity index (χ3n) is 11.2. The van der Waals surface area contributed by atoms with Crippen molar-refractivity contribution in [1.29, 1.82) is 0 Å². The summed E-state index contributed by atoms with van der Waals surface area (Å²) in [4.78, 5) is 5.11. The molecule has 6 nitrogen and oxygen atoms in total. The van der Waals surface area contributed by atoms with Gasteiger partial charge in [0.15, 0.2) is 0 Å². The molecule has 6 heteroatoms. The first-order valence-corrected chi connectivity index (χ1v) is 19.8. The molecule has 9 rings (SSSR count). The molecule has 280 valence electrons. The van der Waals surface area contributed by atoms with Crippen LogP contribution in [0.5, 0.6) is 11.5 Å². The van der Waals surface area contributed by atoms with Gasteiger partial charge in [0, 0.05) is 51.6 Å². The zero-order valence-electron chi connectivity index (χ0n) is 33.8. The molecule has 9 aromatic rings. The van der Waals surface area contributed by atoms with Crippen LogP contribution in [0.1, 0.15) is 88.4 Å². The van der Waals surface area contributed by atoms with E-state index in [0.717, 1.165) is 56.5 Å². The predicted octanol–water partition coefficient (Wildman–Crippen LogP) is 13.4. The molecule has 4 heterocycles. The number of hydrogen-bond acceptors (Lipinski definition) is 3. The molecule has 0 atom stereocenters. The van der Waals surface area contributed by atoms with Crippen molar-refractivity contribution in [3.63, 3.8) is 0 Å². The molecule has 56 heavy (non-hydrogen) atoms. The van der Waals surface area contributed by atoms with Crippen molar-refractivity contribution in [2.24, 2.45) is 0 Å². The molecular formula is C50H49N5O. The Morgan fingerprint density at radius 3 is 1.89 bits per heavy atom. The van der Waals surface area contributed by atoms with Crippen LogP contribution in [0.2, 0.25) is 0 Å². The van der Waals surface area contributed by atoms with Gasteiger partial charge in [0.1, 0.15) is 17.3 Å². The van der Waals surface area contributed by atoms with Gasteiger partial charge < -0.3 is 9.30 Å². The fraction of sp³-hybridized carbons (Fsp3) is 0.240. The van der Waals surface area contributed by atoms with Crippen molar-refractivity contribution in [1.82, 2.24) is 23.9 Å². The molecule has 4 aromatic heterocycles. The lowest BCUT2D eigenvalue weighted by molar-refractivity contribution is 0.482. The first-order valence-electron chi connectivity index (χ1n) is 19.8. The van der Waals surface area contributed by atoms with Gasteiger partial charge in [-0.05, 0) is 96.3 Å². The highest BCUT2D eigenvalue weighted by molar-refractivity contribution is 6.12. The normalized spacial score (nSPS) is 12.3. The van der Waals surface area contributed by atoms with E-state index in [1.807, 2.05) is 36.0 Å². The van der Waals surface area contributed by atoms with Crippen LogP contribution in [0.25, 0.3) is 60.8 Å². The Bertz CT molecular complexity index is 2900. The fourth-order valence-electron chi connectivity index (χ4n) is 8.51. The van der Waals surface area contributed by atoms with Crippen molar-refractivity contribution in [3.8, 4) is 28.7 Å². The second-order valence-electron chi connectivity index (χ2n) is 16.9. The molecular weight excluding hydrogens is 687 g/mol. The number of ether oxygens (including phenoxy) is 1. The second-order valence-corrected chi connectivity index (χ2v) is 16.9. The van der Waals surface area contributed by atoms with E-state index in [9.17, 15) is 0 Å². The van der Waals surface area contributed by atoms with Crippen molar-refractivity contribution < 1.29 is 4.74 Å². The third kappa shape index (κ3) is 5.87. The molecule has 5 aromatic carbocycles. The van der Waals surface area contributed by atoms with E-state index in [2.05, 4.69) is 162 Å². The van der Waals surface area contributed by atoms with Crippen molar-refractivity contribution in [2.45, 2.75) is 79.6 Å². The Hall–Kier alpha value is -6.14. The van der Waals surface area contributed by atoms with Crippen molar-refractivity contribution in [2.75, 3.05) is 0 Å². The molecule has 0 N–H and O–H groups in total. The van der Waals surface area contributed by atoms with Gasteiger partial charge in [0.25, 0.3) is 0 Å². The number of benzene rings is 5. The number of aromatic nitrogens is 5. The number of hydrogen-bond donors (Lipinski definition) is 0. The first kappa shape index (κ1) is 35.6. The third-order valence-corrected chi connectivity index (χ3v) is 11.2. The van der Waals surface area contributed by atoms with E-state index in [1.165, 1.54) is 43.9 Å². The molecule has 0 amide bonds. The number of para-hydroxylation sites is 2. The molecule has 0 aliphatic carbocycles. The molecule has 0 aliphatic rings. The highest BCUT2D eigenvalue weighted by Crippen LogP contribution is 2.41. The first-order chi connectivity index (χ1) is 26.9. The van der Waals surface area contributed by atoms with Gasteiger partial charge in [0.2, 0.25) is 0 Å². The fourth-order valence-corrected chi connectivity index (χ4v) is 8.51. The van der Waals surface area contributed by atoms with Crippen LogP contribution in [0.3, 0.4) is 0 Å². The lowest BCUT2D eigenvalue weighted by atomic mass is 9.86. The van der Waals surface area contributed by atoms with E-state index in [4.69, 9.17) is 14.8 Å². The monoisotopic (exact) mass is 735 g/mol. The summed E-state index contributed by atoms with van der Waals surface area (Å²) in [6.07, 6.45) is 1.96. The van der Waals surface area contributed by atoms with Crippen molar-refractivity contribution >= 4 is 43.6 Å². The Balaban J connectivity index is 1.26. The predicted molar refractivity (Wildman–Crippen MR) is 233 cm³/mol. The van der Waals surface area contributed by atoms with Gasteiger partial charge in [-0.15, -0.1) is 0 Å². The van der Waals surface area contributed by atoms with E-state index < -0.39 is 0 Å². The number of nitrogens with zero attached hydrogens (tertiary/aromatic N) is 5. The van der Waals surface area contributed by atoms with Crippen LogP contribution in [-0.4, -0.2) is 23.9 Å². The summed E-state index contributed by atoms with van der Waals surface area (Å²) in [5.74, 6) is 3.07. The summed E-state index contributed by atoms with van der Waals surface area (Å²) in [7, 11) is 0. The minimum absolute atomic E-state index is 0.000895. The van der Waals surface area contributed by atoms with E-state index in [1.54, 1.807) is 0 Å². The molecule has 0 radical (unpaired) electrons. The van der Waals surface area contributed by atoms with Crippen molar-refractivity contribution in [3.05, 3.63) is 150 Å². The minimum Gasteiger partial charge on any atom is -0.457 e. The average Bonchev–Trinajstić information content (AvgIpc) is 3.81. The molecule has 0 fully saturated rings. The Morgan fingerprint density at radius 2 is 1.25 bits per heavy atom. The average molecular weight is 736 g/mol. The molecule has 0 saturated heterocycles. The quantitative estimate of drug-likeness (QED) is 0.164. The van der Waals surface area contributed by atoms with Crippen LogP contribution in [0, 0.1) is 13.8 Å². The lowest BCUT2D eigenvalue weighted by Crippen LogP contribution is -2.10. The highest BCUT2D eigenvalue weighted by atomic mass is 16.5. The number of aryl methyl sites for hydroxylation is 2. The van der Waals surface area contributed by atoms with Gasteiger partial charge >= 0.3 is 0 Å². The van der Waals surface area contributed by atoms with Gasteiger partial charge in [-0.1, -0.05) is 97.0 Å². The van der Waals surface area contributed by atoms with Crippen LogP contribution in [-0.2, 0) is 5.41 Å². The minimum atomic E-state index is -0.000895. The smallest absolute Gasteiger partial charge is 0.139 e. The largest absolute Gasteiger partial charge is 0.457 e. The SMILES string of the molecule is Cc1cc(C)n(-c2cccc(Oc3ccc4c5cc(C(C)(C)C)ccc5n(-c5cc(-n6c7c(C(C)C)cccc7c7cccc(C(C)C)c76)ccn5)c4c3)c2)n1. The van der Waals surface area contributed by atoms with E-state index in [0.29, 0.717) is 11.8 Å². The van der Waals surface area contributed by atoms with Gasteiger partial charge in [-0.2, -0.15) is 5.10 Å². The standard InChI is InChI=1S/C50H49N5O/c1-30(2)39-15-11-17-42-43-18-12-16-40(31(3)4)49(43)53(48(39)42)35-23-24-51-47(28-35)54-45-22-19-34(50(7,8)9)26-44(45)41-21-20-38(29-46(41)54)56-37-14-10-13-36(27-37)55-33(6)25-32(5)52-55/h10-31H,1-9H3. The van der Waals surface area contributed by atoms with Crippen LogP contribution in [0.15, 0.2) is 121 Å². The number of pyridine rings is 1. The summed E-state index contributed by atoms with van der Waals surface area (Å²) in [5, 5.41) is 9.61. The lowest BCUT2D eigenvalue weighted by Gasteiger charge is -2.19. The molecule has 0 saturated carbocycles. The Labute approximate surface area is 329 Å². The highest BCUT2D eigenvalue weighted by Gasteiger charge is 2.23. The summed E-state index contributed by atoms with van der Waals surface area (Å²) < 4.78 is 13.4. The topological polar surface area (TPSA) is 49.8 Å². The van der Waals surface area contributed by atoms with Gasteiger partial charge in [-0.3, -0.25) is 4.57 Å². The zero-order valence-corrected chi connectivity index (χ0v) is 33.8. The summed E-state index contributed by atoms with van der Waals surface area (Å²) in [5.41, 5.74) is 12.7. The molecule has 0 unspecified atom stereocenters. The maximum atomic E-state index is 6.63. The Morgan fingerprint density at radius 1 is 0.571 bits per heavy atom. The zero-order chi connectivity index (χ0) is 39.0. The maximum Gasteiger partial charge on any atom is 0.139 e. The van der Waals surface area contributed by atoms with Crippen LogP contribution in [0.4, 0.5) is 0 Å². The molecule has 0 bridgehead atoms. The number of rotatable bonds is 7. The summed E-state index contributed by atoms with van der Waals surface area (Å²) in [6.45, 7) is 20.1. The Kier molecular flexibility index (Phi) is 8.42. The van der Waals surface area contributed by atoms with E-state index >= 15 is 0 Å². The summed E-state index contributed by atoms with van der Waals surface area (Å²) >= 11 is 0. The second kappa shape index (κ2) is 13.3. The van der Waals surface area contributed by atoms with Crippen LogP contribution < -0.4 is 4.74 Å². The number of fused-ring (bicyclic) bond motifs is 6. The molecule has 0 spiro atoms. The van der Waals surface area contributed by atoms with Crippen LogP contribution >= 0.6 is 0 Å². The van der Waals surface area contributed by atoms with Gasteiger partial charge in [0.05, 0.1) is 39.1 Å². The maximum absolute atomic E-state index is 6.63. The summed E-state index contributed by atoms with van der Waals surface area (Å²) in [6, 6.07) is 41.5. The molecule has 0 aliphatic heterocycles. The van der Waals surface area contributed by atoms with Gasteiger partial charge in [-0.25, -0.2) is 9.67 Å². The van der Waals surface area contributed by atoms with E-state index in [-0.39, 0.29) is 5.41 Å².